The van der Waals surface area contributed by atoms with Gasteiger partial charge in [-0.1, -0.05) is 41.9 Å². The van der Waals surface area contributed by atoms with E-state index in [2.05, 4.69) is 15.4 Å². The number of carbonyl (C=O) groups excluding carboxylic acids is 1. The number of nitrogens with zero attached hydrogens (tertiary/aromatic N) is 3. The van der Waals surface area contributed by atoms with E-state index in [9.17, 15) is 4.79 Å². The molecular weight excluding hydrogens is 400 g/mol. The number of benzene rings is 2. The number of nitrogens with one attached hydrogen (secondary N) is 1. The third-order valence-corrected chi connectivity index (χ3v) is 4.83. The van der Waals surface area contributed by atoms with Gasteiger partial charge in [0.1, 0.15) is 11.4 Å². The molecule has 0 unspecified atom stereocenters. The number of aromatic nitrogens is 3. The molecule has 0 saturated heterocycles. The minimum atomic E-state index is -0.283. The van der Waals surface area contributed by atoms with E-state index in [0.717, 1.165) is 11.1 Å². The molecular formula is C23H19ClN4O2. The molecule has 0 atom stereocenters. The van der Waals surface area contributed by atoms with Gasteiger partial charge in [-0.25, -0.2) is 0 Å². The molecule has 0 aliphatic rings. The van der Waals surface area contributed by atoms with Crippen molar-refractivity contribution in [1.82, 2.24) is 14.8 Å². The van der Waals surface area contributed by atoms with Crippen LogP contribution in [0.5, 0.6) is 5.75 Å². The Morgan fingerprint density at radius 2 is 1.97 bits per heavy atom. The SMILES string of the molecule is COc1ccc(NC(=O)c2cn(Cc3ccccc3)nc2-c2cccnc2)cc1Cl. The second kappa shape index (κ2) is 8.80. The average molecular weight is 419 g/mol. The van der Waals surface area contributed by atoms with Gasteiger partial charge in [-0.3, -0.25) is 14.5 Å². The topological polar surface area (TPSA) is 69.0 Å². The minimum absolute atomic E-state index is 0.283. The van der Waals surface area contributed by atoms with Crippen LogP contribution in [0.25, 0.3) is 11.3 Å². The van der Waals surface area contributed by atoms with Crippen LogP contribution >= 0.6 is 11.6 Å². The summed E-state index contributed by atoms with van der Waals surface area (Å²) in [5.41, 5.74) is 3.44. The molecule has 0 fully saturated rings. The Labute approximate surface area is 179 Å². The molecule has 0 aliphatic carbocycles. The van der Waals surface area contributed by atoms with Crippen molar-refractivity contribution in [2.75, 3.05) is 12.4 Å². The number of hydrogen-bond donors (Lipinski definition) is 1. The molecule has 1 N–H and O–H groups in total. The van der Waals surface area contributed by atoms with Crippen LogP contribution in [0.1, 0.15) is 15.9 Å². The zero-order chi connectivity index (χ0) is 20.9. The van der Waals surface area contributed by atoms with Crippen LogP contribution < -0.4 is 10.1 Å². The van der Waals surface area contributed by atoms with E-state index in [-0.39, 0.29) is 5.91 Å². The highest BCUT2D eigenvalue weighted by Crippen LogP contribution is 2.28. The third kappa shape index (κ3) is 4.34. The fourth-order valence-corrected chi connectivity index (χ4v) is 3.36. The molecule has 0 radical (unpaired) electrons. The van der Waals surface area contributed by atoms with E-state index in [1.54, 1.807) is 48.6 Å². The monoisotopic (exact) mass is 418 g/mol. The number of methoxy groups -OCH3 is 1. The zero-order valence-corrected chi connectivity index (χ0v) is 17.0. The summed E-state index contributed by atoms with van der Waals surface area (Å²) < 4.78 is 6.92. The molecule has 7 heteroatoms. The van der Waals surface area contributed by atoms with Gasteiger partial charge < -0.3 is 10.1 Å². The Hall–Kier alpha value is -3.64. The Morgan fingerprint density at radius 3 is 2.67 bits per heavy atom. The van der Waals surface area contributed by atoms with Gasteiger partial charge in [0.15, 0.2) is 0 Å². The van der Waals surface area contributed by atoms with Crippen LogP contribution in [-0.2, 0) is 6.54 Å². The number of amides is 1. The van der Waals surface area contributed by atoms with Crippen LogP contribution in [0.2, 0.25) is 5.02 Å². The summed E-state index contributed by atoms with van der Waals surface area (Å²) in [6, 6.07) is 18.7. The molecule has 1 amide bonds. The molecule has 0 spiro atoms. The lowest BCUT2D eigenvalue weighted by Crippen LogP contribution is -2.12. The fraction of sp³-hybridized carbons (Fsp3) is 0.0870. The number of anilines is 1. The van der Waals surface area contributed by atoms with E-state index < -0.39 is 0 Å². The van der Waals surface area contributed by atoms with E-state index in [4.69, 9.17) is 16.3 Å². The van der Waals surface area contributed by atoms with Crippen molar-refractivity contribution < 1.29 is 9.53 Å². The second-order valence-electron chi connectivity index (χ2n) is 6.62. The lowest BCUT2D eigenvalue weighted by molar-refractivity contribution is 0.102. The van der Waals surface area contributed by atoms with Crippen molar-refractivity contribution >= 4 is 23.2 Å². The summed E-state index contributed by atoms with van der Waals surface area (Å²) in [5.74, 6) is 0.260. The molecule has 30 heavy (non-hydrogen) atoms. The lowest BCUT2D eigenvalue weighted by atomic mass is 10.1. The largest absolute Gasteiger partial charge is 0.495 e. The van der Waals surface area contributed by atoms with E-state index in [0.29, 0.717) is 34.3 Å². The molecule has 2 heterocycles. The molecule has 4 aromatic rings. The summed E-state index contributed by atoms with van der Waals surface area (Å²) in [4.78, 5) is 17.2. The van der Waals surface area contributed by atoms with Crippen molar-refractivity contribution in [2.24, 2.45) is 0 Å². The number of ether oxygens (including phenoxy) is 1. The predicted molar refractivity (Wildman–Crippen MR) is 117 cm³/mol. The Kier molecular flexibility index (Phi) is 5.77. The molecule has 6 nitrogen and oxygen atoms in total. The molecule has 0 aliphatic heterocycles. The summed E-state index contributed by atoms with van der Waals surface area (Å²) in [6.07, 6.45) is 5.12. The standard InChI is InChI=1S/C23H19ClN4O2/c1-30-21-10-9-18(12-20(21)24)26-23(29)19-15-28(14-16-6-3-2-4-7-16)27-22(19)17-8-5-11-25-13-17/h2-13,15H,14H2,1H3,(H,26,29). The predicted octanol–water partition coefficient (Wildman–Crippen LogP) is 4.91. The summed E-state index contributed by atoms with van der Waals surface area (Å²) in [6.45, 7) is 0.551. The van der Waals surface area contributed by atoms with Crippen LogP contribution in [0.4, 0.5) is 5.69 Å². The third-order valence-electron chi connectivity index (χ3n) is 4.54. The first-order valence-corrected chi connectivity index (χ1v) is 9.68. The molecule has 4 rings (SSSR count). The summed E-state index contributed by atoms with van der Waals surface area (Å²) in [5, 5.41) is 7.96. The first kappa shape index (κ1) is 19.7. The molecule has 0 saturated carbocycles. The molecule has 2 aromatic heterocycles. The molecule has 0 bridgehead atoms. The highest BCUT2D eigenvalue weighted by Gasteiger charge is 2.19. The summed E-state index contributed by atoms with van der Waals surface area (Å²) in [7, 11) is 1.54. The van der Waals surface area contributed by atoms with Crippen molar-refractivity contribution in [1.29, 1.82) is 0 Å². The van der Waals surface area contributed by atoms with E-state index in [1.807, 2.05) is 42.5 Å². The van der Waals surface area contributed by atoms with Crippen molar-refractivity contribution in [3.8, 4) is 17.0 Å². The highest BCUT2D eigenvalue weighted by molar-refractivity contribution is 6.32. The van der Waals surface area contributed by atoms with Crippen LogP contribution in [0, 0.1) is 0 Å². The summed E-state index contributed by atoms with van der Waals surface area (Å²) >= 11 is 6.18. The maximum absolute atomic E-state index is 13.1. The maximum atomic E-state index is 13.1. The van der Waals surface area contributed by atoms with Gasteiger partial charge >= 0.3 is 0 Å². The second-order valence-corrected chi connectivity index (χ2v) is 7.03. The molecule has 2 aromatic carbocycles. The average Bonchev–Trinajstić information content (AvgIpc) is 3.19. The van der Waals surface area contributed by atoms with E-state index in [1.165, 1.54) is 0 Å². The first-order valence-electron chi connectivity index (χ1n) is 9.30. The van der Waals surface area contributed by atoms with Crippen LogP contribution in [-0.4, -0.2) is 27.8 Å². The quantitative estimate of drug-likeness (QED) is 0.483. The number of hydrogen-bond acceptors (Lipinski definition) is 4. The van der Waals surface area contributed by atoms with Gasteiger partial charge in [0.25, 0.3) is 5.91 Å². The number of pyridine rings is 1. The van der Waals surface area contributed by atoms with Crippen molar-refractivity contribution in [2.45, 2.75) is 6.54 Å². The number of rotatable bonds is 6. The smallest absolute Gasteiger partial charge is 0.259 e. The molecule has 150 valence electrons. The Bertz CT molecular complexity index is 1160. The van der Waals surface area contributed by atoms with Crippen molar-refractivity contribution in [3.05, 3.63) is 95.4 Å². The van der Waals surface area contributed by atoms with Gasteiger partial charge in [-0.2, -0.15) is 5.10 Å². The van der Waals surface area contributed by atoms with Gasteiger partial charge in [0.05, 0.1) is 24.2 Å². The minimum Gasteiger partial charge on any atom is -0.495 e. The Balaban J connectivity index is 1.66. The zero-order valence-electron chi connectivity index (χ0n) is 16.2. The van der Waals surface area contributed by atoms with Gasteiger partial charge in [-0.15, -0.1) is 0 Å². The van der Waals surface area contributed by atoms with Crippen LogP contribution in [0.15, 0.2) is 79.3 Å². The number of carbonyl (C=O) groups is 1. The lowest BCUT2D eigenvalue weighted by Gasteiger charge is -2.08. The normalized spacial score (nSPS) is 10.6. The Morgan fingerprint density at radius 1 is 1.13 bits per heavy atom. The maximum Gasteiger partial charge on any atom is 0.259 e. The van der Waals surface area contributed by atoms with Crippen LogP contribution in [0.3, 0.4) is 0 Å². The van der Waals surface area contributed by atoms with Gasteiger partial charge in [0, 0.05) is 29.8 Å². The van der Waals surface area contributed by atoms with E-state index >= 15 is 0 Å². The highest BCUT2D eigenvalue weighted by atomic mass is 35.5. The first-order chi connectivity index (χ1) is 14.6. The number of halogens is 1. The van der Waals surface area contributed by atoms with Gasteiger partial charge in [-0.05, 0) is 35.9 Å². The fourth-order valence-electron chi connectivity index (χ4n) is 3.10. The van der Waals surface area contributed by atoms with Gasteiger partial charge in [0.2, 0.25) is 0 Å². The van der Waals surface area contributed by atoms with Crippen molar-refractivity contribution in [3.63, 3.8) is 0 Å².